The average Bonchev–Trinajstić information content (AvgIpc) is 2.43. The summed E-state index contributed by atoms with van der Waals surface area (Å²) in [6, 6.07) is 1.68. The molecule has 0 radical (unpaired) electrons. The Morgan fingerprint density at radius 3 is 2.54 bits per heavy atom. The van der Waals surface area contributed by atoms with Crippen molar-refractivity contribution in [2.24, 2.45) is 5.92 Å². The summed E-state index contributed by atoms with van der Waals surface area (Å²) in [7, 11) is 0. The van der Waals surface area contributed by atoms with E-state index in [-0.39, 0.29) is 0 Å². The van der Waals surface area contributed by atoms with Crippen molar-refractivity contribution in [2.45, 2.75) is 25.9 Å². The molecule has 3 heteroatoms. The summed E-state index contributed by atoms with van der Waals surface area (Å²) in [5.41, 5.74) is 0. The molecule has 2 nitrogen and oxygen atoms in total. The van der Waals surface area contributed by atoms with Crippen molar-refractivity contribution in [3.05, 3.63) is 0 Å². The van der Waals surface area contributed by atoms with Crippen LogP contribution in [-0.2, 0) is 0 Å². The number of rotatable bonds is 3. The fourth-order valence-electron chi connectivity index (χ4n) is 2.34. The van der Waals surface area contributed by atoms with Gasteiger partial charge in [-0.1, -0.05) is 13.8 Å². The van der Waals surface area contributed by atoms with Gasteiger partial charge in [-0.3, -0.25) is 4.90 Å². The maximum absolute atomic E-state index is 3.37. The number of hydrogen-bond donors (Lipinski definition) is 1. The molecule has 0 aromatic carbocycles. The zero-order valence-electron chi connectivity index (χ0n) is 8.62. The monoisotopic (exact) mass is 200 g/mol. The van der Waals surface area contributed by atoms with E-state index in [1.165, 1.54) is 31.1 Å². The van der Waals surface area contributed by atoms with Crippen LogP contribution in [0.15, 0.2) is 0 Å². The van der Waals surface area contributed by atoms with Gasteiger partial charge >= 0.3 is 0 Å². The van der Waals surface area contributed by atoms with Gasteiger partial charge in [-0.05, 0) is 18.2 Å². The van der Waals surface area contributed by atoms with Crippen LogP contribution in [0.4, 0.5) is 0 Å². The van der Waals surface area contributed by atoms with Crippen LogP contribution in [0.1, 0.15) is 13.8 Å². The van der Waals surface area contributed by atoms with Crippen LogP contribution in [0.25, 0.3) is 0 Å². The highest BCUT2D eigenvalue weighted by atomic mass is 32.2. The summed E-state index contributed by atoms with van der Waals surface area (Å²) in [4.78, 5) is 2.71. The minimum Gasteiger partial charge on any atom is -0.314 e. The highest BCUT2D eigenvalue weighted by Crippen LogP contribution is 2.29. The smallest absolute Gasteiger partial charge is 0.0348 e. The fourth-order valence-corrected chi connectivity index (χ4v) is 3.84. The van der Waals surface area contributed by atoms with E-state index in [0.717, 1.165) is 18.0 Å². The number of thioether (sulfide) groups is 1. The first kappa shape index (κ1) is 9.81. The van der Waals surface area contributed by atoms with E-state index < -0.39 is 0 Å². The molecule has 0 amide bonds. The Bertz CT molecular complexity index is 170. The lowest BCUT2D eigenvalue weighted by Gasteiger charge is -2.42. The zero-order valence-corrected chi connectivity index (χ0v) is 9.44. The molecule has 2 rings (SSSR count). The van der Waals surface area contributed by atoms with Crippen LogP contribution in [0.2, 0.25) is 0 Å². The van der Waals surface area contributed by atoms with Crippen LogP contribution in [0, 0.1) is 5.92 Å². The topological polar surface area (TPSA) is 15.3 Å². The molecule has 2 heterocycles. The summed E-state index contributed by atoms with van der Waals surface area (Å²) in [6.45, 7) is 8.35. The van der Waals surface area contributed by atoms with Gasteiger partial charge in [0, 0.05) is 30.9 Å². The Balaban J connectivity index is 1.94. The Hall–Kier alpha value is 0.270. The van der Waals surface area contributed by atoms with Gasteiger partial charge in [0.25, 0.3) is 0 Å². The summed E-state index contributed by atoms with van der Waals surface area (Å²) < 4.78 is 0. The molecule has 0 spiro atoms. The predicted molar refractivity (Wildman–Crippen MR) is 59.3 cm³/mol. The molecule has 2 atom stereocenters. The molecule has 0 saturated carbocycles. The molecule has 0 aromatic rings. The molecule has 76 valence electrons. The molecule has 13 heavy (non-hydrogen) atoms. The van der Waals surface area contributed by atoms with E-state index in [9.17, 15) is 0 Å². The van der Waals surface area contributed by atoms with Crippen molar-refractivity contribution in [3.63, 3.8) is 0 Å². The SMILES string of the molecule is CCN(C1CNC1)C1CSCC1C. The molecule has 2 aliphatic rings. The molecular weight excluding hydrogens is 180 g/mol. The quantitative estimate of drug-likeness (QED) is 0.732. The lowest BCUT2D eigenvalue weighted by Crippen LogP contribution is -2.60. The molecule has 2 aliphatic heterocycles. The predicted octanol–water partition coefficient (Wildman–Crippen LogP) is 1.03. The second-order valence-corrected chi connectivity index (χ2v) is 5.30. The third kappa shape index (κ3) is 1.88. The standard InChI is InChI=1S/C10H20N2S/c1-3-12(9-4-11-5-9)10-7-13-6-8(10)2/h8-11H,3-7H2,1-2H3. The Morgan fingerprint density at radius 1 is 1.38 bits per heavy atom. The molecule has 0 bridgehead atoms. The van der Waals surface area contributed by atoms with Crippen LogP contribution in [0.3, 0.4) is 0 Å². The second-order valence-electron chi connectivity index (χ2n) is 4.22. The lowest BCUT2D eigenvalue weighted by atomic mass is 10.0. The zero-order chi connectivity index (χ0) is 9.26. The molecule has 0 aliphatic carbocycles. The minimum absolute atomic E-state index is 0.830. The van der Waals surface area contributed by atoms with Crippen molar-refractivity contribution < 1.29 is 0 Å². The number of nitrogens with zero attached hydrogens (tertiary/aromatic N) is 1. The molecule has 1 N–H and O–H groups in total. The number of likely N-dealkylation sites (N-methyl/N-ethyl adjacent to an activating group) is 1. The van der Waals surface area contributed by atoms with Gasteiger partial charge in [-0.25, -0.2) is 0 Å². The Kier molecular flexibility index (Phi) is 3.17. The molecule has 2 saturated heterocycles. The molecular formula is C10H20N2S. The van der Waals surface area contributed by atoms with E-state index in [1.807, 2.05) is 0 Å². The van der Waals surface area contributed by atoms with Gasteiger partial charge in [0.05, 0.1) is 0 Å². The van der Waals surface area contributed by atoms with Gasteiger partial charge in [-0.2, -0.15) is 11.8 Å². The normalized spacial score (nSPS) is 35.3. The van der Waals surface area contributed by atoms with Gasteiger partial charge in [0.15, 0.2) is 0 Å². The Labute approximate surface area is 85.4 Å². The first-order valence-electron chi connectivity index (χ1n) is 5.37. The van der Waals surface area contributed by atoms with Crippen molar-refractivity contribution in [1.29, 1.82) is 0 Å². The third-order valence-electron chi connectivity index (χ3n) is 3.35. The number of hydrogen-bond acceptors (Lipinski definition) is 3. The minimum atomic E-state index is 0.830. The van der Waals surface area contributed by atoms with Crippen molar-refractivity contribution in [3.8, 4) is 0 Å². The third-order valence-corrected chi connectivity index (χ3v) is 4.68. The highest BCUT2D eigenvalue weighted by molar-refractivity contribution is 7.99. The summed E-state index contributed by atoms with van der Waals surface area (Å²) in [6.07, 6.45) is 0. The van der Waals surface area contributed by atoms with E-state index >= 15 is 0 Å². The van der Waals surface area contributed by atoms with Crippen LogP contribution in [0.5, 0.6) is 0 Å². The van der Waals surface area contributed by atoms with Crippen LogP contribution >= 0.6 is 11.8 Å². The maximum atomic E-state index is 3.37. The Morgan fingerprint density at radius 2 is 2.15 bits per heavy atom. The summed E-state index contributed by atoms with van der Waals surface area (Å²) in [5, 5.41) is 3.37. The van der Waals surface area contributed by atoms with Gasteiger partial charge in [0.2, 0.25) is 0 Å². The molecule has 2 unspecified atom stereocenters. The van der Waals surface area contributed by atoms with Crippen LogP contribution in [-0.4, -0.2) is 48.1 Å². The average molecular weight is 200 g/mol. The van der Waals surface area contributed by atoms with Gasteiger partial charge < -0.3 is 5.32 Å². The maximum Gasteiger partial charge on any atom is 0.0348 e. The van der Waals surface area contributed by atoms with Gasteiger partial charge in [-0.15, -0.1) is 0 Å². The van der Waals surface area contributed by atoms with E-state index in [4.69, 9.17) is 0 Å². The van der Waals surface area contributed by atoms with E-state index in [2.05, 4.69) is 35.8 Å². The van der Waals surface area contributed by atoms with Crippen molar-refractivity contribution in [1.82, 2.24) is 10.2 Å². The largest absolute Gasteiger partial charge is 0.314 e. The van der Waals surface area contributed by atoms with Crippen LogP contribution < -0.4 is 5.32 Å². The highest BCUT2D eigenvalue weighted by Gasteiger charge is 2.34. The second kappa shape index (κ2) is 4.20. The summed E-state index contributed by atoms with van der Waals surface area (Å²) >= 11 is 2.12. The molecule has 2 fully saturated rings. The first-order valence-corrected chi connectivity index (χ1v) is 6.52. The first-order chi connectivity index (χ1) is 6.33. The number of nitrogens with one attached hydrogen (secondary N) is 1. The summed E-state index contributed by atoms with van der Waals surface area (Å²) in [5.74, 6) is 3.61. The van der Waals surface area contributed by atoms with Crippen molar-refractivity contribution >= 4 is 11.8 Å². The van der Waals surface area contributed by atoms with E-state index in [0.29, 0.717) is 0 Å². The lowest BCUT2D eigenvalue weighted by molar-refractivity contribution is 0.0930. The molecule has 0 aromatic heterocycles. The van der Waals surface area contributed by atoms with Gasteiger partial charge in [0.1, 0.15) is 0 Å². The van der Waals surface area contributed by atoms with E-state index in [1.54, 1.807) is 0 Å². The van der Waals surface area contributed by atoms with Crippen molar-refractivity contribution in [2.75, 3.05) is 31.1 Å². The fraction of sp³-hybridized carbons (Fsp3) is 1.00.